The van der Waals surface area contributed by atoms with Gasteiger partial charge in [-0.3, -0.25) is 4.79 Å². The van der Waals surface area contributed by atoms with Gasteiger partial charge in [0.25, 0.3) is 0 Å². The van der Waals surface area contributed by atoms with Crippen LogP contribution in [0.15, 0.2) is 0 Å². The van der Waals surface area contributed by atoms with Crippen LogP contribution in [0.3, 0.4) is 0 Å². The second-order valence-corrected chi connectivity index (χ2v) is 5.56. The topological polar surface area (TPSA) is 57.5 Å². The van der Waals surface area contributed by atoms with Crippen molar-refractivity contribution < 1.29 is 15.0 Å². The summed E-state index contributed by atoms with van der Waals surface area (Å²) in [4.78, 5) is 10.9. The fraction of sp³-hybridized carbons (Fsp3) is 0.900. The van der Waals surface area contributed by atoms with Crippen molar-refractivity contribution in [2.45, 2.75) is 43.1 Å². The van der Waals surface area contributed by atoms with E-state index in [1.807, 2.05) is 0 Å². The van der Waals surface area contributed by atoms with Crippen molar-refractivity contribution in [1.82, 2.24) is 0 Å². The van der Waals surface area contributed by atoms with Gasteiger partial charge in [0.15, 0.2) is 0 Å². The third-order valence-electron chi connectivity index (χ3n) is 2.71. The van der Waals surface area contributed by atoms with Crippen molar-refractivity contribution in [3.8, 4) is 0 Å². The maximum Gasteiger partial charge on any atom is 0.307 e. The third-order valence-corrected chi connectivity index (χ3v) is 4.33. The highest BCUT2D eigenvalue weighted by Crippen LogP contribution is 2.37. The van der Waals surface area contributed by atoms with E-state index in [0.717, 1.165) is 25.7 Å². The van der Waals surface area contributed by atoms with Crippen molar-refractivity contribution in [1.29, 1.82) is 0 Å². The molecule has 4 heteroatoms. The molecule has 1 fully saturated rings. The summed E-state index contributed by atoms with van der Waals surface area (Å²) in [6.45, 7) is 2.25. The Balaban J connectivity index is 2.39. The molecule has 3 nitrogen and oxygen atoms in total. The normalized spacial score (nSPS) is 29.0. The van der Waals surface area contributed by atoms with Gasteiger partial charge in [0.1, 0.15) is 0 Å². The Kier molecular flexibility index (Phi) is 4.75. The number of thioether (sulfide) groups is 1. The van der Waals surface area contributed by atoms with E-state index in [0.29, 0.717) is 5.25 Å². The number of carbonyl (C=O) groups is 1. The number of carboxylic acid groups (broad SMARTS) is 1. The van der Waals surface area contributed by atoms with Gasteiger partial charge in [-0.15, -0.1) is 0 Å². The van der Waals surface area contributed by atoms with Crippen molar-refractivity contribution in [3.63, 3.8) is 0 Å². The van der Waals surface area contributed by atoms with E-state index in [-0.39, 0.29) is 17.8 Å². The van der Waals surface area contributed by atoms with Gasteiger partial charge in [0, 0.05) is 17.1 Å². The molecule has 0 amide bonds. The van der Waals surface area contributed by atoms with Crippen LogP contribution in [0.1, 0.15) is 32.6 Å². The highest BCUT2D eigenvalue weighted by atomic mass is 32.2. The number of carboxylic acids is 1. The molecule has 0 aromatic heterocycles. The van der Waals surface area contributed by atoms with Gasteiger partial charge in [0.2, 0.25) is 0 Å². The Morgan fingerprint density at radius 1 is 1.57 bits per heavy atom. The van der Waals surface area contributed by atoms with Gasteiger partial charge in [-0.05, 0) is 19.3 Å². The zero-order chi connectivity index (χ0) is 10.6. The predicted octanol–water partition coefficient (Wildman–Crippen LogP) is 1.74. The van der Waals surface area contributed by atoms with E-state index in [4.69, 9.17) is 10.2 Å². The first-order chi connectivity index (χ1) is 6.65. The number of hydrogen-bond acceptors (Lipinski definition) is 3. The lowest BCUT2D eigenvalue weighted by atomic mass is 10.1. The highest BCUT2D eigenvalue weighted by Gasteiger charge is 2.33. The second-order valence-electron chi connectivity index (χ2n) is 3.87. The Hall–Kier alpha value is -0.220. The lowest BCUT2D eigenvalue weighted by Gasteiger charge is -2.19. The molecular formula is C10H18O3S. The third kappa shape index (κ3) is 3.17. The fourth-order valence-electron chi connectivity index (χ4n) is 1.92. The summed E-state index contributed by atoms with van der Waals surface area (Å²) in [5, 5.41) is 18.3. The summed E-state index contributed by atoms with van der Waals surface area (Å²) in [5.41, 5.74) is 0. The molecule has 1 saturated carbocycles. The monoisotopic (exact) mass is 218 g/mol. The zero-order valence-electron chi connectivity index (χ0n) is 8.48. The predicted molar refractivity (Wildman–Crippen MR) is 57.5 cm³/mol. The van der Waals surface area contributed by atoms with Crippen LogP contribution >= 0.6 is 11.8 Å². The highest BCUT2D eigenvalue weighted by molar-refractivity contribution is 8.00. The summed E-state index contributed by atoms with van der Waals surface area (Å²) in [7, 11) is 0. The minimum absolute atomic E-state index is 0.166. The van der Waals surface area contributed by atoms with Gasteiger partial charge >= 0.3 is 5.97 Å². The number of aliphatic hydroxyl groups is 1. The van der Waals surface area contributed by atoms with Gasteiger partial charge in [-0.1, -0.05) is 13.3 Å². The first kappa shape index (κ1) is 11.9. The molecule has 1 aliphatic rings. The van der Waals surface area contributed by atoms with Crippen LogP contribution in [0.5, 0.6) is 0 Å². The quantitative estimate of drug-likeness (QED) is 0.738. The van der Waals surface area contributed by atoms with E-state index in [1.165, 1.54) is 0 Å². The Morgan fingerprint density at radius 2 is 2.29 bits per heavy atom. The van der Waals surface area contributed by atoms with E-state index >= 15 is 0 Å². The summed E-state index contributed by atoms with van der Waals surface area (Å²) >= 11 is 1.73. The summed E-state index contributed by atoms with van der Waals surface area (Å²) < 4.78 is 0. The van der Waals surface area contributed by atoms with Crippen LogP contribution in [-0.4, -0.2) is 33.3 Å². The van der Waals surface area contributed by atoms with E-state index in [1.54, 1.807) is 11.8 Å². The minimum atomic E-state index is -0.656. The van der Waals surface area contributed by atoms with Gasteiger partial charge in [-0.2, -0.15) is 11.8 Å². The van der Waals surface area contributed by atoms with Crippen LogP contribution in [0.25, 0.3) is 0 Å². The standard InChI is InChI=1S/C10H18O3S/c1-7(5-6-11)14-9-4-2-3-8(9)10(12)13/h7-9,11H,2-6H2,1H3,(H,12,13). The van der Waals surface area contributed by atoms with E-state index in [9.17, 15) is 4.79 Å². The van der Waals surface area contributed by atoms with E-state index < -0.39 is 5.97 Å². The first-order valence-corrected chi connectivity index (χ1v) is 6.08. The largest absolute Gasteiger partial charge is 0.481 e. The van der Waals surface area contributed by atoms with Crippen LogP contribution in [0, 0.1) is 5.92 Å². The van der Waals surface area contributed by atoms with Crippen LogP contribution in [0.2, 0.25) is 0 Å². The molecule has 0 aromatic carbocycles. The van der Waals surface area contributed by atoms with Gasteiger partial charge in [0.05, 0.1) is 5.92 Å². The molecule has 3 atom stereocenters. The molecular weight excluding hydrogens is 200 g/mol. The molecule has 14 heavy (non-hydrogen) atoms. The summed E-state index contributed by atoms with van der Waals surface area (Å²) in [5.74, 6) is -0.822. The molecule has 1 aliphatic carbocycles. The number of hydrogen-bond donors (Lipinski definition) is 2. The maximum atomic E-state index is 10.9. The van der Waals surface area contributed by atoms with Crippen molar-refractivity contribution in [2.75, 3.05) is 6.61 Å². The molecule has 0 spiro atoms. The molecule has 0 aliphatic heterocycles. The van der Waals surface area contributed by atoms with Crippen LogP contribution < -0.4 is 0 Å². The smallest absolute Gasteiger partial charge is 0.307 e. The summed E-state index contributed by atoms with van der Waals surface area (Å²) in [6, 6.07) is 0. The molecule has 3 unspecified atom stereocenters. The number of aliphatic hydroxyl groups excluding tert-OH is 1. The summed E-state index contributed by atoms with van der Waals surface area (Å²) in [6.07, 6.45) is 3.62. The Morgan fingerprint density at radius 3 is 2.86 bits per heavy atom. The van der Waals surface area contributed by atoms with Crippen molar-refractivity contribution in [2.24, 2.45) is 5.92 Å². The van der Waals surface area contributed by atoms with Crippen LogP contribution in [0.4, 0.5) is 0 Å². The molecule has 0 heterocycles. The van der Waals surface area contributed by atoms with E-state index in [2.05, 4.69) is 6.92 Å². The average molecular weight is 218 g/mol. The number of aliphatic carboxylic acids is 1. The zero-order valence-corrected chi connectivity index (χ0v) is 9.30. The van der Waals surface area contributed by atoms with Gasteiger partial charge < -0.3 is 10.2 Å². The second kappa shape index (κ2) is 5.61. The molecule has 0 radical (unpaired) electrons. The number of rotatable bonds is 5. The lowest BCUT2D eigenvalue weighted by Crippen LogP contribution is -2.22. The fourth-order valence-corrected chi connectivity index (χ4v) is 3.50. The molecule has 0 bridgehead atoms. The minimum Gasteiger partial charge on any atom is -0.481 e. The van der Waals surface area contributed by atoms with Crippen molar-refractivity contribution >= 4 is 17.7 Å². The molecule has 0 saturated heterocycles. The van der Waals surface area contributed by atoms with Crippen molar-refractivity contribution in [3.05, 3.63) is 0 Å². The molecule has 1 rings (SSSR count). The molecule has 82 valence electrons. The Labute approximate surface area is 88.9 Å². The van der Waals surface area contributed by atoms with Gasteiger partial charge in [-0.25, -0.2) is 0 Å². The molecule has 2 N–H and O–H groups in total. The Bertz CT molecular complexity index is 196. The lowest BCUT2D eigenvalue weighted by molar-refractivity contribution is -0.141. The SMILES string of the molecule is CC(CCO)SC1CCCC1C(=O)O. The maximum absolute atomic E-state index is 10.9. The molecule has 0 aromatic rings. The van der Waals surface area contributed by atoms with Crippen LogP contribution in [-0.2, 0) is 4.79 Å². The average Bonchev–Trinajstić information content (AvgIpc) is 2.52. The first-order valence-electron chi connectivity index (χ1n) is 5.14.